The Hall–Kier alpha value is -3.14. The van der Waals surface area contributed by atoms with E-state index in [1.54, 1.807) is 43.3 Å². The highest BCUT2D eigenvalue weighted by Crippen LogP contribution is 2.13. The lowest BCUT2D eigenvalue weighted by Crippen LogP contribution is -2.17. The Morgan fingerprint density at radius 2 is 1.08 bits per heavy atom. The third kappa shape index (κ3) is 4.95. The number of rotatable bonds is 6. The summed E-state index contributed by atoms with van der Waals surface area (Å²) in [6.07, 6.45) is 5.94. The van der Waals surface area contributed by atoms with Gasteiger partial charge in [0.2, 0.25) is 0 Å². The van der Waals surface area contributed by atoms with Crippen molar-refractivity contribution in [2.24, 2.45) is 5.92 Å². The average molecular weight is 322 g/mol. The molecule has 0 unspecified atom stereocenters. The number of phenolic OH excluding ortho intramolecular Hbond substituents is 2. The van der Waals surface area contributed by atoms with Gasteiger partial charge in [-0.15, -0.1) is 0 Å². The summed E-state index contributed by atoms with van der Waals surface area (Å²) in [6, 6.07) is 12.8. The molecule has 0 aromatic heterocycles. The molecule has 0 aliphatic rings. The zero-order valence-corrected chi connectivity index (χ0v) is 13.2. The summed E-state index contributed by atoms with van der Waals surface area (Å²) in [5.41, 5.74) is 1.53. The van der Waals surface area contributed by atoms with Crippen LogP contribution in [0.4, 0.5) is 0 Å². The van der Waals surface area contributed by atoms with Crippen molar-refractivity contribution in [3.05, 3.63) is 71.8 Å². The molecule has 2 rings (SSSR count). The van der Waals surface area contributed by atoms with Gasteiger partial charge in [0, 0.05) is 0 Å². The molecule has 0 radical (unpaired) electrons. The predicted molar refractivity (Wildman–Crippen MR) is 93.5 cm³/mol. The van der Waals surface area contributed by atoms with E-state index in [0.29, 0.717) is 0 Å². The summed E-state index contributed by atoms with van der Waals surface area (Å²) in [7, 11) is 0. The molecule has 4 nitrogen and oxygen atoms in total. The van der Waals surface area contributed by atoms with Gasteiger partial charge in [0.05, 0.1) is 5.92 Å². The minimum absolute atomic E-state index is 0.154. The van der Waals surface area contributed by atoms with Crippen LogP contribution < -0.4 is 0 Å². The Kier molecular flexibility index (Phi) is 5.68. The molecule has 2 N–H and O–H groups in total. The molecule has 0 bridgehead atoms. The monoisotopic (exact) mass is 322 g/mol. The van der Waals surface area contributed by atoms with Crippen LogP contribution in [0.1, 0.15) is 18.1 Å². The van der Waals surface area contributed by atoms with Gasteiger partial charge in [-0.2, -0.15) is 0 Å². The molecule has 0 aliphatic heterocycles. The summed E-state index contributed by atoms with van der Waals surface area (Å²) in [5.74, 6) is -1.04. The van der Waals surface area contributed by atoms with Gasteiger partial charge < -0.3 is 10.2 Å². The van der Waals surface area contributed by atoms with E-state index in [9.17, 15) is 19.8 Å². The van der Waals surface area contributed by atoms with Gasteiger partial charge in [-0.05, 0) is 54.5 Å². The molecule has 24 heavy (non-hydrogen) atoms. The number of allylic oxidation sites excluding steroid dienone is 2. The van der Waals surface area contributed by atoms with Crippen LogP contribution >= 0.6 is 0 Å². The normalized spacial score (nSPS) is 11.4. The van der Waals surface area contributed by atoms with Crippen LogP contribution in [0, 0.1) is 5.92 Å². The summed E-state index contributed by atoms with van der Waals surface area (Å²) in [5, 5.41) is 18.4. The average Bonchev–Trinajstić information content (AvgIpc) is 2.59. The largest absolute Gasteiger partial charge is 0.508 e. The molecule has 2 aromatic rings. The van der Waals surface area contributed by atoms with E-state index in [1.807, 2.05) is 0 Å². The molecule has 0 amide bonds. The molecule has 0 heterocycles. The Balaban J connectivity index is 1.97. The minimum Gasteiger partial charge on any atom is -0.508 e. The Bertz CT molecular complexity index is 701. The SMILES string of the molecule is CC(C(=O)/C=C/c1ccc(O)cc1)C(=O)/C=C/c1ccc(O)cc1. The van der Waals surface area contributed by atoms with E-state index in [0.717, 1.165) is 11.1 Å². The number of aromatic hydroxyl groups is 2. The van der Waals surface area contributed by atoms with Crippen molar-refractivity contribution in [3.63, 3.8) is 0 Å². The first-order chi connectivity index (χ1) is 11.5. The summed E-state index contributed by atoms with van der Waals surface area (Å²) < 4.78 is 0. The van der Waals surface area contributed by atoms with Gasteiger partial charge >= 0.3 is 0 Å². The number of carbonyl (C=O) groups is 2. The highest BCUT2D eigenvalue weighted by Gasteiger charge is 2.16. The van der Waals surface area contributed by atoms with Gasteiger partial charge in [0.15, 0.2) is 11.6 Å². The fourth-order valence-electron chi connectivity index (χ4n) is 1.96. The number of carbonyl (C=O) groups excluding carboxylic acids is 2. The molecule has 0 fully saturated rings. The van der Waals surface area contributed by atoms with Crippen molar-refractivity contribution in [1.29, 1.82) is 0 Å². The fourth-order valence-corrected chi connectivity index (χ4v) is 1.96. The van der Waals surface area contributed by atoms with Crippen molar-refractivity contribution in [1.82, 2.24) is 0 Å². The van der Waals surface area contributed by atoms with E-state index in [4.69, 9.17) is 0 Å². The van der Waals surface area contributed by atoms with Crippen molar-refractivity contribution >= 4 is 23.7 Å². The Morgan fingerprint density at radius 1 is 0.750 bits per heavy atom. The van der Waals surface area contributed by atoms with E-state index in [2.05, 4.69) is 0 Å². The first-order valence-electron chi connectivity index (χ1n) is 7.47. The maximum Gasteiger partial charge on any atom is 0.166 e. The summed E-state index contributed by atoms with van der Waals surface area (Å²) >= 11 is 0. The second kappa shape index (κ2) is 7.92. The maximum absolute atomic E-state index is 12.1. The van der Waals surface area contributed by atoms with Crippen LogP contribution in [0.3, 0.4) is 0 Å². The van der Waals surface area contributed by atoms with Gasteiger partial charge in [-0.25, -0.2) is 0 Å². The van der Waals surface area contributed by atoms with Gasteiger partial charge in [0.1, 0.15) is 11.5 Å². The number of hydrogen-bond acceptors (Lipinski definition) is 4. The molecule has 0 saturated heterocycles. The third-order valence-electron chi connectivity index (χ3n) is 3.52. The minimum atomic E-state index is -0.772. The van der Waals surface area contributed by atoms with E-state index in [-0.39, 0.29) is 23.1 Å². The van der Waals surface area contributed by atoms with Gasteiger partial charge in [-0.3, -0.25) is 9.59 Å². The zero-order valence-electron chi connectivity index (χ0n) is 13.2. The number of phenols is 2. The number of benzene rings is 2. The molecule has 4 heteroatoms. The molecule has 122 valence electrons. The molecule has 0 saturated carbocycles. The lowest BCUT2D eigenvalue weighted by molar-refractivity contribution is -0.126. The van der Waals surface area contributed by atoms with E-state index < -0.39 is 5.92 Å². The predicted octanol–water partition coefficient (Wildman–Crippen LogP) is 3.60. The molecule has 0 atom stereocenters. The van der Waals surface area contributed by atoms with Gasteiger partial charge in [0.25, 0.3) is 0 Å². The van der Waals surface area contributed by atoms with Crippen molar-refractivity contribution < 1.29 is 19.8 Å². The second-order valence-corrected chi connectivity index (χ2v) is 5.38. The van der Waals surface area contributed by atoms with E-state index in [1.165, 1.54) is 36.4 Å². The topological polar surface area (TPSA) is 74.6 Å². The quantitative estimate of drug-likeness (QED) is 0.629. The van der Waals surface area contributed by atoms with Crippen LogP contribution in [0.2, 0.25) is 0 Å². The highest BCUT2D eigenvalue weighted by molar-refractivity contribution is 6.13. The third-order valence-corrected chi connectivity index (χ3v) is 3.52. The maximum atomic E-state index is 12.1. The summed E-state index contributed by atoms with van der Waals surface area (Å²) in [4.78, 5) is 24.1. The van der Waals surface area contributed by atoms with Crippen LogP contribution in [0.5, 0.6) is 11.5 Å². The van der Waals surface area contributed by atoms with Crippen molar-refractivity contribution in [3.8, 4) is 11.5 Å². The molecule has 0 aliphatic carbocycles. The van der Waals surface area contributed by atoms with E-state index >= 15 is 0 Å². The molecular formula is C20H18O4. The van der Waals surface area contributed by atoms with Crippen molar-refractivity contribution in [2.75, 3.05) is 0 Å². The van der Waals surface area contributed by atoms with Crippen LogP contribution in [-0.4, -0.2) is 21.8 Å². The standard InChI is InChI=1S/C20H18O4/c1-14(19(23)12-6-15-2-8-17(21)9-3-15)20(24)13-7-16-4-10-18(22)11-5-16/h2-14,21-22H,1H3/b12-6+,13-7+. The van der Waals surface area contributed by atoms with Crippen LogP contribution in [-0.2, 0) is 9.59 Å². The number of hydrogen-bond donors (Lipinski definition) is 2. The van der Waals surface area contributed by atoms with Crippen molar-refractivity contribution in [2.45, 2.75) is 6.92 Å². The first-order valence-corrected chi connectivity index (χ1v) is 7.47. The fraction of sp³-hybridized carbons (Fsp3) is 0.100. The molecule has 2 aromatic carbocycles. The highest BCUT2D eigenvalue weighted by atomic mass is 16.3. The lowest BCUT2D eigenvalue weighted by atomic mass is 9.99. The van der Waals surface area contributed by atoms with Crippen LogP contribution in [0.15, 0.2) is 60.7 Å². The number of ketones is 2. The molecule has 0 spiro atoms. The Labute approximate surface area is 140 Å². The second-order valence-electron chi connectivity index (χ2n) is 5.38. The molecular weight excluding hydrogens is 304 g/mol. The first kappa shape index (κ1) is 17.2. The lowest BCUT2D eigenvalue weighted by Gasteiger charge is -2.03. The van der Waals surface area contributed by atoms with Gasteiger partial charge in [-0.1, -0.05) is 36.4 Å². The smallest absolute Gasteiger partial charge is 0.166 e. The Morgan fingerprint density at radius 3 is 1.42 bits per heavy atom. The zero-order chi connectivity index (χ0) is 17.5. The van der Waals surface area contributed by atoms with Crippen LogP contribution in [0.25, 0.3) is 12.2 Å². The summed E-state index contributed by atoms with van der Waals surface area (Å²) in [6.45, 7) is 1.56.